The minimum atomic E-state index is -2.49. The molecule has 116 valence electrons. The molecule has 0 spiro atoms. The number of carbonyl (C=O) groups is 1. The first kappa shape index (κ1) is 15.9. The van der Waals surface area contributed by atoms with E-state index < -0.39 is 13.0 Å². The Labute approximate surface area is 124 Å². The molecule has 1 aromatic carbocycles. The standard InChI is InChI=1S/C16H22F2N2O/c1-12(13-6-3-2-4-7-13)20-9-5-8-14(11-20)16(21)19-10-15(17)18/h2-4,6-7,12,14-15H,5,8-11H2,1H3,(H,19,21). The summed E-state index contributed by atoms with van der Waals surface area (Å²) in [6, 6.07) is 10.4. The molecule has 2 unspecified atom stereocenters. The van der Waals surface area contributed by atoms with Crippen molar-refractivity contribution < 1.29 is 13.6 Å². The van der Waals surface area contributed by atoms with E-state index in [1.807, 2.05) is 18.2 Å². The Hall–Kier alpha value is -1.49. The third kappa shape index (κ3) is 4.49. The molecule has 1 fully saturated rings. The minimum Gasteiger partial charge on any atom is -0.350 e. The summed E-state index contributed by atoms with van der Waals surface area (Å²) >= 11 is 0. The summed E-state index contributed by atoms with van der Waals surface area (Å²) < 4.78 is 24.3. The molecule has 2 rings (SSSR count). The van der Waals surface area contributed by atoms with Crippen LogP contribution < -0.4 is 5.32 Å². The molecule has 1 saturated heterocycles. The monoisotopic (exact) mass is 296 g/mol. The number of halogens is 2. The Morgan fingerprint density at radius 2 is 2.10 bits per heavy atom. The Morgan fingerprint density at radius 3 is 2.76 bits per heavy atom. The number of piperidine rings is 1. The molecule has 0 radical (unpaired) electrons. The Morgan fingerprint density at radius 1 is 1.38 bits per heavy atom. The lowest BCUT2D eigenvalue weighted by molar-refractivity contribution is -0.127. The number of hydrogen-bond acceptors (Lipinski definition) is 2. The van der Waals surface area contributed by atoms with Gasteiger partial charge in [0.2, 0.25) is 5.91 Å². The number of nitrogens with zero attached hydrogens (tertiary/aromatic N) is 1. The van der Waals surface area contributed by atoms with Gasteiger partial charge in [-0.15, -0.1) is 0 Å². The predicted molar refractivity (Wildman–Crippen MR) is 78.2 cm³/mol. The van der Waals surface area contributed by atoms with Crippen LogP contribution in [0.15, 0.2) is 30.3 Å². The van der Waals surface area contributed by atoms with Crippen molar-refractivity contribution in [2.75, 3.05) is 19.6 Å². The van der Waals surface area contributed by atoms with Crippen LogP contribution in [0, 0.1) is 5.92 Å². The van der Waals surface area contributed by atoms with Gasteiger partial charge in [0.25, 0.3) is 6.43 Å². The molecule has 1 aliphatic heterocycles. The van der Waals surface area contributed by atoms with Gasteiger partial charge in [0.15, 0.2) is 0 Å². The van der Waals surface area contributed by atoms with E-state index in [1.165, 1.54) is 5.56 Å². The van der Waals surface area contributed by atoms with Crippen molar-refractivity contribution in [3.8, 4) is 0 Å². The second kappa shape index (κ2) is 7.50. The molecule has 1 amide bonds. The lowest BCUT2D eigenvalue weighted by Crippen LogP contribution is -2.44. The molecule has 0 aliphatic carbocycles. The number of alkyl halides is 2. The smallest absolute Gasteiger partial charge is 0.255 e. The van der Waals surface area contributed by atoms with Gasteiger partial charge in [-0.1, -0.05) is 30.3 Å². The SMILES string of the molecule is CC(c1ccccc1)N1CCCC(C(=O)NCC(F)F)C1. The highest BCUT2D eigenvalue weighted by Crippen LogP contribution is 2.26. The maximum absolute atomic E-state index is 12.2. The van der Waals surface area contributed by atoms with E-state index in [1.54, 1.807) is 0 Å². The highest BCUT2D eigenvalue weighted by Gasteiger charge is 2.28. The van der Waals surface area contributed by atoms with Crippen LogP contribution in [0.2, 0.25) is 0 Å². The van der Waals surface area contributed by atoms with Crippen molar-refractivity contribution in [1.29, 1.82) is 0 Å². The zero-order valence-corrected chi connectivity index (χ0v) is 12.3. The fourth-order valence-corrected chi connectivity index (χ4v) is 2.84. The summed E-state index contributed by atoms with van der Waals surface area (Å²) in [5.41, 5.74) is 1.21. The van der Waals surface area contributed by atoms with Crippen LogP contribution in [0.4, 0.5) is 8.78 Å². The van der Waals surface area contributed by atoms with Crippen LogP contribution in [0.3, 0.4) is 0 Å². The number of hydrogen-bond donors (Lipinski definition) is 1. The molecule has 1 N–H and O–H groups in total. The fraction of sp³-hybridized carbons (Fsp3) is 0.562. The number of amides is 1. The van der Waals surface area contributed by atoms with E-state index in [4.69, 9.17) is 0 Å². The van der Waals surface area contributed by atoms with Gasteiger partial charge in [0.05, 0.1) is 12.5 Å². The topological polar surface area (TPSA) is 32.3 Å². The molecule has 0 aromatic heterocycles. The molecule has 1 aliphatic rings. The average Bonchev–Trinajstić information content (AvgIpc) is 2.52. The first-order valence-corrected chi connectivity index (χ1v) is 7.42. The van der Waals surface area contributed by atoms with Gasteiger partial charge in [0, 0.05) is 12.6 Å². The third-order valence-electron chi connectivity index (χ3n) is 4.08. The summed E-state index contributed by atoms with van der Waals surface area (Å²) in [5.74, 6) is -0.441. The normalized spacial score (nSPS) is 21.2. The Kier molecular flexibility index (Phi) is 5.67. The van der Waals surface area contributed by atoms with Gasteiger partial charge in [-0.05, 0) is 31.9 Å². The van der Waals surface area contributed by atoms with Crippen molar-refractivity contribution >= 4 is 5.91 Å². The van der Waals surface area contributed by atoms with E-state index in [2.05, 4.69) is 29.3 Å². The molecule has 3 nitrogen and oxygen atoms in total. The maximum atomic E-state index is 12.2. The highest BCUT2D eigenvalue weighted by molar-refractivity contribution is 5.79. The van der Waals surface area contributed by atoms with Crippen molar-refractivity contribution in [3.63, 3.8) is 0 Å². The number of rotatable bonds is 5. The van der Waals surface area contributed by atoms with Gasteiger partial charge in [-0.2, -0.15) is 0 Å². The van der Waals surface area contributed by atoms with E-state index in [0.29, 0.717) is 6.54 Å². The highest BCUT2D eigenvalue weighted by atomic mass is 19.3. The zero-order chi connectivity index (χ0) is 15.2. The van der Waals surface area contributed by atoms with Crippen LogP contribution in [-0.2, 0) is 4.79 Å². The van der Waals surface area contributed by atoms with Crippen LogP contribution in [0.25, 0.3) is 0 Å². The first-order chi connectivity index (χ1) is 10.1. The summed E-state index contributed by atoms with van der Waals surface area (Å²) in [5, 5.41) is 2.34. The molecule has 21 heavy (non-hydrogen) atoms. The molecular formula is C16H22F2N2O. The summed E-state index contributed by atoms with van der Waals surface area (Å²) in [6.07, 6.45) is -0.798. The number of carbonyl (C=O) groups excluding carboxylic acids is 1. The van der Waals surface area contributed by atoms with Gasteiger partial charge >= 0.3 is 0 Å². The van der Waals surface area contributed by atoms with E-state index in [0.717, 1.165) is 19.4 Å². The Balaban J connectivity index is 1.92. The molecule has 1 aromatic rings. The maximum Gasteiger partial charge on any atom is 0.255 e. The second-order valence-electron chi connectivity index (χ2n) is 5.56. The van der Waals surface area contributed by atoms with Gasteiger partial charge in [-0.3, -0.25) is 9.69 Å². The largest absolute Gasteiger partial charge is 0.350 e. The molecule has 2 atom stereocenters. The van der Waals surface area contributed by atoms with Crippen molar-refractivity contribution in [2.45, 2.75) is 32.2 Å². The molecule has 0 saturated carbocycles. The quantitative estimate of drug-likeness (QED) is 0.906. The van der Waals surface area contributed by atoms with Crippen molar-refractivity contribution in [2.24, 2.45) is 5.92 Å². The third-order valence-corrected chi connectivity index (χ3v) is 4.08. The van der Waals surface area contributed by atoms with Crippen LogP contribution in [0.1, 0.15) is 31.4 Å². The van der Waals surface area contributed by atoms with Crippen molar-refractivity contribution in [1.82, 2.24) is 10.2 Å². The minimum absolute atomic E-state index is 0.191. The molecule has 1 heterocycles. The summed E-state index contributed by atoms with van der Waals surface area (Å²) in [7, 11) is 0. The summed E-state index contributed by atoms with van der Waals surface area (Å²) in [6.45, 7) is 3.14. The lowest BCUT2D eigenvalue weighted by atomic mass is 9.94. The van der Waals surface area contributed by atoms with Crippen molar-refractivity contribution in [3.05, 3.63) is 35.9 Å². The Bertz CT molecular complexity index is 453. The number of benzene rings is 1. The molecular weight excluding hydrogens is 274 g/mol. The first-order valence-electron chi connectivity index (χ1n) is 7.42. The molecule has 0 bridgehead atoms. The zero-order valence-electron chi connectivity index (χ0n) is 12.3. The van der Waals surface area contributed by atoms with Crippen LogP contribution in [0.5, 0.6) is 0 Å². The van der Waals surface area contributed by atoms with Crippen LogP contribution in [-0.4, -0.2) is 36.9 Å². The van der Waals surface area contributed by atoms with E-state index in [-0.39, 0.29) is 17.9 Å². The number of nitrogens with one attached hydrogen (secondary N) is 1. The van der Waals surface area contributed by atoms with E-state index in [9.17, 15) is 13.6 Å². The van der Waals surface area contributed by atoms with Gasteiger partial charge in [-0.25, -0.2) is 8.78 Å². The molecule has 5 heteroatoms. The van der Waals surface area contributed by atoms with Gasteiger partial charge in [0.1, 0.15) is 0 Å². The summed E-state index contributed by atoms with van der Waals surface area (Å²) in [4.78, 5) is 14.2. The van der Waals surface area contributed by atoms with Crippen LogP contribution >= 0.6 is 0 Å². The fourth-order valence-electron chi connectivity index (χ4n) is 2.84. The van der Waals surface area contributed by atoms with E-state index >= 15 is 0 Å². The predicted octanol–water partition coefficient (Wildman–Crippen LogP) is 2.84. The number of likely N-dealkylation sites (tertiary alicyclic amines) is 1. The lowest BCUT2D eigenvalue weighted by Gasteiger charge is -2.36. The second-order valence-corrected chi connectivity index (χ2v) is 5.56. The van der Waals surface area contributed by atoms with Gasteiger partial charge < -0.3 is 5.32 Å². The average molecular weight is 296 g/mol.